The van der Waals surface area contributed by atoms with E-state index in [4.69, 9.17) is 17.3 Å². The summed E-state index contributed by atoms with van der Waals surface area (Å²) in [6, 6.07) is 5.03. The lowest BCUT2D eigenvalue weighted by atomic mass is 10.0. The van der Waals surface area contributed by atoms with Crippen LogP contribution >= 0.6 is 11.6 Å². The second kappa shape index (κ2) is 5.77. The summed E-state index contributed by atoms with van der Waals surface area (Å²) < 4.78 is 1.92. The maximum Gasteiger partial charge on any atom is 0.244 e. The van der Waals surface area contributed by atoms with Crippen LogP contribution in [0.15, 0.2) is 24.5 Å². The van der Waals surface area contributed by atoms with Crippen molar-refractivity contribution >= 4 is 28.9 Å². The van der Waals surface area contributed by atoms with Crippen molar-refractivity contribution < 1.29 is 4.79 Å². The van der Waals surface area contributed by atoms with E-state index in [2.05, 4.69) is 10.3 Å². The molecule has 1 aromatic heterocycles. The predicted molar refractivity (Wildman–Crippen MR) is 83.4 cm³/mol. The molecule has 1 aromatic carbocycles. The first-order chi connectivity index (χ1) is 10.1. The molecule has 1 heterocycles. The van der Waals surface area contributed by atoms with Crippen LogP contribution in [-0.2, 0) is 24.2 Å². The SMILES string of the molecule is Nc1ccc(Cl)c(NC(=O)Cn2cnc3c2CCCC3)c1. The minimum atomic E-state index is -0.131. The van der Waals surface area contributed by atoms with Gasteiger partial charge in [-0.15, -0.1) is 0 Å². The Morgan fingerprint density at radius 2 is 2.19 bits per heavy atom. The average Bonchev–Trinajstić information content (AvgIpc) is 2.86. The Labute approximate surface area is 128 Å². The number of rotatable bonds is 3. The van der Waals surface area contributed by atoms with Crippen LogP contribution in [0.3, 0.4) is 0 Å². The van der Waals surface area contributed by atoms with E-state index in [-0.39, 0.29) is 12.5 Å². The lowest BCUT2D eigenvalue weighted by molar-refractivity contribution is -0.116. The highest BCUT2D eigenvalue weighted by molar-refractivity contribution is 6.33. The smallest absolute Gasteiger partial charge is 0.244 e. The molecule has 5 nitrogen and oxygen atoms in total. The standard InChI is InChI=1S/C15H17ClN4O/c16-11-6-5-10(17)7-13(11)19-15(21)8-20-9-18-12-3-1-2-4-14(12)20/h5-7,9H,1-4,8,17H2,(H,19,21). The largest absolute Gasteiger partial charge is 0.399 e. The molecule has 0 radical (unpaired) electrons. The fourth-order valence-corrected chi connectivity index (χ4v) is 2.82. The van der Waals surface area contributed by atoms with Crippen molar-refractivity contribution in [2.45, 2.75) is 32.2 Å². The second-order valence-corrected chi connectivity index (χ2v) is 5.67. The second-order valence-electron chi connectivity index (χ2n) is 5.26. The Balaban J connectivity index is 1.72. The molecule has 0 spiro atoms. The van der Waals surface area contributed by atoms with Gasteiger partial charge in [0.25, 0.3) is 0 Å². The minimum Gasteiger partial charge on any atom is -0.399 e. The maximum atomic E-state index is 12.2. The van der Waals surface area contributed by atoms with Gasteiger partial charge in [-0.2, -0.15) is 0 Å². The van der Waals surface area contributed by atoms with Crippen LogP contribution in [0.25, 0.3) is 0 Å². The van der Waals surface area contributed by atoms with E-state index >= 15 is 0 Å². The van der Waals surface area contributed by atoms with Crippen molar-refractivity contribution in [2.75, 3.05) is 11.1 Å². The highest BCUT2D eigenvalue weighted by atomic mass is 35.5. The van der Waals surface area contributed by atoms with E-state index in [0.717, 1.165) is 25.0 Å². The summed E-state index contributed by atoms with van der Waals surface area (Å²) in [7, 11) is 0. The van der Waals surface area contributed by atoms with Gasteiger partial charge in [-0.3, -0.25) is 4.79 Å². The molecule has 1 amide bonds. The van der Waals surface area contributed by atoms with E-state index in [9.17, 15) is 4.79 Å². The number of fused-ring (bicyclic) bond motifs is 1. The highest BCUT2D eigenvalue weighted by Crippen LogP contribution is 2.24. The fourth-order valence-electron chi connectivity index (χ4n) is 2.65. The molecule has 0 aliphatic heterocycles. The molecule has 3 N–H and O–H groups in total. The zero-order valence-corrected chi connectivity index (χ0v) is 12.4. The van der Waals surface area contributed by atoms with Crippen molar-refractivity contribution in [1.82, 2.24) is 9.55 Å². The summed E-state index contributed by atoms with van der Waals surface area (Å²) in [4.78, 5) is 16.6. The van der Waals surface area contributed by atoms with Gasteiger partial charge in [0, 0.05) is 11.4 Å². The molecule has 0 bridgehead atoms. The van der Waals surface area contributed by atoms with E-state index in [1.807, 2.05) is 4.57 Å². The summed E-state index contributed by atoms with van der Waals surface area (Å²) in [5.41, 5.74) is 9.10. The molecule has 2 aromatic rings. The number of amides is 1. The van der Waals surface area contributed by atoms with E-state index in [0.29, 0.717) is 16.4 Å². The Morgan fingerprint density at radius 3 is 3.05 bits per heavy atom. The van der Waals surface area contributed by atoms with Gasteiger partial charge in [-0.25, -0.2) is 4.98 Å². The third kappa shape index (κ3) is 3.03. The van der Waals surface area contributed by atoms with Crippen molar-refractivity contribution in [2.24, 2.45) is 0 Å². The number of aromatic nitrogens is 2. The first-order valence-electron chi connectivity index (χ1n) is 7.01. The van der Waals surface area contributed by atoms with Crippen molar-refractivity contribution in [3.05, 3.63) is 40.9 Å². The molecule has 21 heavy (non-hydrogen) atoms. The molecule has 1 aliphatic carbocycles. The number of halogens is 1. The molecular formula is C15H17ClN4O. The first kappa shape index (κ1) is 13.9. The summed E-state index contributed by atoms with van der Waals surface area (Å²) in [6.45, 7) is 0.244. The summed E-state index contributed by atoms with van der Waals surface area (Å²) in [5.74, 6) is -0.131. The normalized spacial score (nSPS) is 13.8. The number of anilines is 2. The topological polar surface area (TPSA) is 72.9 Å². The predicted octanol–water partition coefficient (Wildman–Crippen LogP) is 2.64. The lowest BCUT2D eigenvalue weighted by Gasteiger charge is -2.14. The van der Waals surface area contributed by atoms with Crippen LogP contribution < -0.4 is 11.1 Å². The van der Waals surface area contributed by atoms with E-state index in [1.54, 1.807) is 24.5 Å². The number of nitrogen functional groups attached to an aromatic ring is 1. The Morgan fingerprint density at radius 1 is 1.38 bits per heavy atom. The van der Waals surface area contributed by atoms with Crippen molar-refractivity contribution in [3.8, 4) is 0 Å². The lowest BCUT2D eigenvalue weighted by Crippen LogP contribution is -2.20. The molecule has 0 saturated heterocycles. The van der Waals surface area contributed by atoms with Crippen molar-refractivity contribution in [3.63, 3.8) is 0 Å². The number of nitrogens with zero attached hydrogens (tertiary/aromatic N) is 2. The molecule has 0 fully saturated rings. The number of hydrogen-bond acceptors (Lipinski definition) is 3. The number of carbonyl (C=O) groups excluding carboxylic acids is 1. The molecule has 6 heteroatoms. The minimum absolute atomic E-state index is 0.131. The van der Waals surface area contributed by atoms with Gasteiger partial charge in [0.2, 0.25) is 5.91 Å². The van der Waals surface area contributed by atoms with E-state index < -0.39 is 0 Å². The summed E-state index contributed by atoms with van der Waals surface area (Å²) >= 11 is 6.05. The molecular weight excluding hydrogens is 288 g/mol. The van der Waals surface area contributed by atoms with Gasteiger partial charge in [-0.05, 0) is 43.9 Å². The van der Waals surface area contributed by atoms with E-state index in [1.165, 1.54) is 12.1 Å². The van der Waals surface area contributed by atoms with Crippen LogP contribution in [0, 0.1) is 0 Å². The Kier molecular flexibility index (Phi) is 3.84. The molecule has 0 unspecified atom stereocenters. The number of nitrogens with one attached hydrogen (secondary N) is 1. The Bertz CT molecular complexity index is 680. The first-order valence-corrected chi connectivity index (χ1v) is 7.39. The van der Waals surface area contributed by atoms with Gasteiger partial charge >= 0.3 is 0 Å². The number of carbonyl (C=O) groups is 1. The van der Waals surface area contributed by atoms with Gasteiger partial charge in [0.1, 0.15) is 6.54 Å². The highest BCUT2D eigenvalue weighted by Gasteiger charge is 2.17. The van der Waals surface area contributed by atoms with Crippen LogP contribution in [0.1, 0.15) is 24.2 Å². The van der Waals surface area contributed by atoms with Crippen LogP contribution in [0.5, 0.6) is 0 Å². The maximum absolute atomic E-state index is 12.2. The third-order valence-electron chi connectivity index (χ3n) is 3.69. The van der Waals surface area contributed by atoms with Crippen LogP contribution in [-0.4, -0.2) is 15.5 Å². The molecule has 3 rings (SSSR count). The summed E-state index contributed by atoms with van der Waals surface area (Å²) in [5, 5.41) is 3.27. The number of nitrogens with two attached hydrogens (primary N) is 1. The van der Waals surface area contributed by atoms with Gasteiger partial charge in [0.15, 0.2) is 0 Å². The zero-order chi connectivity index (χ0) is 14.8. The fraction of sp³-hybridized carbons (Fsp3) is 0.333. The van der Waals surface area contributed by atoms with Crippen LogP contribution in [0.4, 0.5) is 11.4 Å². The number of aryl methyl sites for hydroxylation is 1. The summed E-state index contributed by atoms with van der Waals surface area (Å²) in [6.07, 6.45) is 6.07. The quantitative estimate of drug-likeness (QED) is 0.856. The van der Waals surface area contributed by atoms with Gasteiger partial charge < -0.3 is 15.6 Å². The number of benzene rings is 1. The monoisotopic (exact) mass is 304 g/mol. The number of imidazole rings is 1. The third-order valence-corrected chi connectivity index (χ3v) is 4.02. The van der Waals surface area contributed by atoms with Crippen LogP contribution in [0.2, 0.25) is 5.02 Å². The average molecular weight is 305 g/mol. The molecule has 110 valence electrons. The van der Waals surface area contributed by atoms with Gasteiger partial charge in [-0.1, -0.05) is 11.6 Å². The van der Waals surface area contributed by atoms with Gasteiger partial charge in [0.05, 0.1) is 22.7 Å². The molecule has 0 atom stereocenters. The molecule has 0 saturated carbocycles. The molecule has 1 aliphatic rings. The number of hydrogen-bond donors (Lipinski definition) is 2. The Hall–Kier alpha value is -2.01. The zero-order valence-electron chi connectivity index (χ0n) is 11.6. The van der Waals surface area contributed by atoms with Crippen molar-refractivity contribution in [1.29, 1.82) is 0 Å².